The van der Waals surface area contributed by atoms with E-state index in [1.165, 1.54) is 12.3 Å². The van der Waals surface area contributed by atoms with Gasteiger partial charge in [-0.25, -0.2) is 4.98 Å². The maximum Gasteiger partial charge on any atom is 0.435 e. The molecule has 0 aromatic carbocycles. The number of morpholine rings is 1. The molecule has 128 valence electrons. The van der Waals surface area contributed by atoms with Crippen molar-refractivity contribution in [2.24, 2.45) is 5.92 Å². The monoisotopic (exact) mass is 329 g/mol. The number of anilines is 1. The summed E-state index contributed by atoms with van der Waals surface area (Å²) in [6.07, 6.45) is -1.22. The Labute approximate surface area is 134 Å². The van der Waals surface area contributed by atoms with Gasteiger partial charge in [-0.1, -0.05) is 0 Å². The molecule has 0 bridgehead atoms. The third kappa shape index (κ3) is 4.14. The van der Waals surface area contributed by atoms with Crippen LogP contribution in [0.1, 0.15) is 18.5 Å². The van der Waals surface area contributed by atoms with E-state index < -0.39 is 11.9 Å². The number of piperidine rings is 1. The van der Waals surface area contributed by atoms with Crippen molar-refractivity contribution < 1.29 is 17.9 Å². The third-order valence-electron chi connectivity index (χ3n) is 4.53. The molecule has 1 aromatic heterocycles. The number of pyridine rings is 1. The summed E-state index contributed by atoms with van der Waals surface area (Å²) in [6.45, 7) is 5.57. The Morgan fingerprint density at radius 3 is 2.74 bits per heavy atom. The maximum absolute atomic E-state index is 13.2. The van der Waals surface area contributed by atoms with E-state index in [-0.39, 0.29) is 5.69 Å². The average Bonchev–Trinajstić information content (AvgIpc) is 2.55. The smallest absolute Gasteiger partial charge is 0.379 e. The molecule has 1 aromatic rings. The van der Waals surface area contributed by atoms with Gasteiger partial charge in [-0.2, -0.15) is 13.2 Å². The first-order valence-corrected chi connectivity index (χ1v) is 8.11. The quantitative estimate of drug-likeness (QED) is 0.852. The van der Waals surface area contributed by atoms with E-state index in [2.05, 4.69) is 9.88 Å². The minimum Gasteiger partial charge on any atom is -0.379 e. The van der Waals surface area contributed by atoms with Gasteiger partial charge in [-0.3, -0.25) is 4.90 Å². The minimum atomic E-state index is -4.41. The average molecular weight is 329 g/mol. The zero-order valence-corrected chi connectivity index (χ0v) is 13.1. The zero-order valence-electron chi connectivity index (χ0n) is 13.1. The molecular formula is C16H22F3N3O. The van der Waals surface area contributed by atoms with Crippen molar-refractivity contribution >= 4 is 5.69 Å². The summed E-state index contributed by atoms with van der Waals surface area (Å²) in [6, 6.07) is 3.11. The molecule has 7 heteroatoms. The van der Waals surface area contributed by atoms with Gasteiger partial charge in [0, 0.05) is 38.9 Å². The molecule has 2 aliphatic rings. The van der Waals surface area contributed by atoms with E-state index in [0.29, 0.717) is 19.0 Å². The fourth-order valence-corrected chi connectivity index (χ4v) is 3.45. The van der Waals surface area contributed by atoms with Crippen molar-refractivity contribution in [3.63, 3.8) is 0 Å². The molecule has 4 nitrogen and oxygen atoms in total. The number of ether oxygens (including phenoxy) is 1. The molecule has 1 atom stereocenters. The Hall–Kier alpha value is -1.34. The van der Waals surface area contributed by atoms with Crippen LogP contribution >= 0.6 is 0 Å². The summed E-state index contributed by atoms with van der Waals surface area (Å²) in [5.41, 5.74) is -0.557. The number of aromatic nitrogens is 1. The molecule has 0 spiro atoms. The van der Waals surface area contributed by atoms with Crippen LogP contribution in [0.25, 0.3) is 0 Å². The number of hydrogen-bond acceptors (Lipinski definition) is 4. The molecule has 3 rings (SSSR count). The van der Waals surface area contributed by atoms with Crippen LogP contribution in [-0.2, 0) is 10.9 Å². The standard InChI is InChI=1S/C16H22F3N3O/c17-16(18,19)15-14(4-1-5-20-15)22-6-2-3-13(12-22)11-21-7-9-23-10-8-21/h1,4-5,13H,2-3,6-12H2/t13-/m1/s1. The lowest BCUT2D eigenvalue weighted by Gasteiger charge is -2.38. The van der Waals surface area contributed by atoms with Gasteiger partial charge in [0.25, 0.3) is 0 Å². The van der Waals surface area contributed by atoms with Crippen LogP contribution in [0.15, 0.2) is 18.3 Å². The van der Waals surface area contributed by atoms with Crippen LogP contribution in [0.4, 0.5) is 18.9 Å². The molecule has 2 saturated heterocycles. The first-order valence-electron chi connectivity index (χ1n) is 8.11. The number of hydrogen-bond donors (Lipinski definition) is 0. The molecule has 0 amide bonds. The molecule has 0 radical (unpaired) electrons. The Morgan fingerprint density at radius 2 is 2.00 bits per heavy atom. The largest absolute Gasteiger partial charge is 0.435 e. The van der Waals surface area contributed by atoms with Crippen LogP contribution in [0, 0.1) is 5.92 Å². The van der Waals surface area contributed by atoms with Crippen molar-refractivity contribution in [1.82, 2.24) is 9.88 Å². The van der Waals surface area contributed by atoms with Crippen molar-refractivity contribution in [2.45, 2.75) is 19.0 Å². The van der Waals surface area contributed by atoms with Gasteiger partial charge in [0.1, 0.15) is 0 Å². The highest BCUT2D eigenvalue weighted by atomic mass is 19.4. The van der Waals surface area contributed by atoms with Crippen LogP contribution < -0.4 is 4.90 Å². The number of alkyl halides is 3. The first-order chi connectivity index (χ1) is 11.0. The molecule has 2 fully saturated rings. The normalized spacial score (nSPS) is 24.0. The summed E-state index contributed by atoms with van der Waals surface area (Å²) in [5, 5.41) is 0. The predicted molar refractivity (Wildman–Crippen MR) is 81.4 cm³/mol. The lowest BCUT2D eigenvalue weighted by molar-refractivity contribution is -0.140. The van der Waals surface area contributed by atoms with E-state index >= 15 is 0 Å². The Morgan fingerprint density at radius 1 is 1.22 bits per heavy atom. The Bertz CT molecular complexity index is 518. The van der Waals surface area contributed by atoms with Gasteiger partial charge < -0.3 is 9.64 Å². The van der Waals surface area contributed by atoms with Gasteiger partial charge in [0.15, 0.2) is 5.69 Å². The van der Waals surface area contributed by atoms with Crippen LogP contribution in [0.2, 0.25) is 0 Å². The second kappa shape index (κ2) is 7.05. The van der Waals surface area contributed by atoms with Gasteiger partial charge in [-0.05, 0) is 30.9 Å². The summed E-state index contributed by atoms with van der Waals surface area (Å²) in [4.78, 5) is 7.78. The second-order valence-electron chi connectivity index (χ2n) is 6.24. The van der Waals surface area contributed by atoms with Crippen molar-refractivity contribution in [3.05, 3.63) is 24.0 Å². The van der Waals surface area contributed by atoms with Crippen LogP contribution in [-0.4, -0.2) is 55.8 Å². The Balaban J connectivity index is 1.69. The third-order valence-corrected chi connectivity index (χ3v) is 4.53. The van der Waals surface area contributed by atoms with Crippen molar-refractivity contribution in [2.75, 3.05) is 50.8 Å². The minimum absolute atomic E-state index is 0.215. The lowest BCUT2D eigenvalue weighted by atomic mass is 9.96. The van der Waals surface area contributed by atoms with Crippen molar-refractivity contribution in [1.29, 1.82) is 0 Å². The predicted octanol–water partition coefficient (Wildman–Crippen LogP) is 2.65. The molecule has 0 aliphatic carbocycles. The molecular weight excluding hydrogens is 307 g/mol. The highest BCUT2D eigenvalue weighted by molar-refractivity contribution is 5.52. The van der Waals surface area contributed by atoms with E-state index in [0.717, 1.165) is 45.7 Å². The fraction of sp³-hybridized carbons (Fsp3) is 0.688. The lowest BCUT2D eigenvalue weighted by Crippen LogP contribution is -2.45. The molecule has 0 N–H and O–H groups in total. The number of nitrogens with zero attached hydrogens (tertiary/aromatic N) is 3. The van der Waals surface area contributed by atoms with Gasteiger partial charge >= 0.3 is 6.18 Å². The first kappa shape index (κ1) is 16.5. The fourth-order valence-electron chi connectivity index (χ4n) is 3.45. The summed E-state index contributed by atoms with van der Waals surface area (Å²) in [7, 11) is 0. The summed E-state index contributed by atoms with van der Waals surface area (Å²) < 4.78 is 44.8. The summed E-state index contributed by atoms with van der Waals surface area (Å²) in [5.74, 6) is 0.392. The van der Waals surface area contributed by atoms with E-state index in [9.17, 15) is 13.2 Å². The Kier molecular flexibility index (Phi) is 5.06. The van der Waals surface area contributed by atoms with Crippen LogP contribution in [0.5, 0.6) is 0 Å². The SMILES string of the molecule is FC(F)(F)c1ncccc1N1CCC[C@H](CN2CCOCC2)C1. The van der Waals surface area contributed by atoms with E-state index in [1.54, 1.807) is 6.07 Å². The van der Waals surface area contributed by atoms with Gasteiger partial charge in [0.2, 0.25) is 0 Å². The van der Waals surface area contributed by atoms with Gasteiger partial charge in [0.05, 0.1) is 18.9 Å². The summed E-state index contributed by atoms with van der Waals surface area (Å²) >= 11 is 0. The molecule has 2 aliphatic heterocycles. The van der Waals surface area contributed by atoms with Crippen LogP contribution in [0.3, 0.4) is 0 Å². The molecule has 3 heterocycles. The van der Waals surface area contributed by atoms with Gasteiger partial charge in [-0.15, -0.1) is 0 Å². The molecule has 0 unspecified atom stereocenters. The van der Waals surface area contributed by atoms with E-state index in [1.807, 2.05) is 4.90 Å². The molecule has 23 heavy (non-hydrogen) atoms. The van der Waals surface area contributed by atoms with Crippen molar-refractivity contribution in [3.8, 4) is 0 Å². The highest BCUT2D eigenvalue weighted by Crippen LogP contribution is 2.36. The molecule has 0 saturated carbocycles. The number of rotatable bonds is 3. The zero-order chi connectivity index (χ0) is 16.3. The topological polar surface area (TPSA) is 28.6 Å². The van der Waals surface area contributed by atoms with E-state index in [4.69, 9.17) is 4.74 Å². The second-order valence-corrected chi connectivity index (χ2v) is 6.24. The highest BCUT2D eigenvalue weighted by Gasteiger charge is 2.37. The maximum atomic E-state index is 13.2. The number of halogens is 3.